The van der Waals surface area contributed by atoms with E-state index >= 15 is 0 Å². The SMILES string of the molecule is FC(F)(F)c1cc(COc2ccc(-c3cccc4[nH]ccc34)cc2)n(-c2c(Cl)cccc2Cl)n1. The molecule has 0 unspecified atom stereocenters. The van der Waals surface area contributed by atoms with Crippen LogP contribution in [0.25, 0.3) is 27.7 Å². The zero-order chi connectivity index (χ0) is 23.9. The first-order valence-corrected chi connectivity index (χ1v) is 11.0. The molecule has 0 amide bonds. The Morgan fingerprint density at radius 1 is 0.912 bits per heavy atom. The Morgan fingerprint density at radius 3 is 2.32 bits per heavy atom. The number of hydrogen-bond donors (Lipinski definition) is 1. The summed E-state index contributed by atoms with van der Waals surface area (Å²) in [5.41, 5.74) is 2.34. The lowest BCUT2D eigenvalue weighted by Crippen LogP contribution is -2.09. The van der Waals surface area contributed by atoms with Gasteiger partial charge in [0.1, 0.15) is 18.0 Å². The highest BCUT2D eigenvalue weighted by molar-refractivity contribution is 6.37. The van der Waals surface area contributed by atoms with Gasteiger partial charge in [-0.15, -0.1) is 0 Å². The summed E-state index contributed by atoms with van der Waals surface area (Å²) >= 11 is 12.4. The maximum absolute atomic E-state index is 13.4. The minimum atomic E-state index is -4.63. The van der Waals surface area contributed by atoms with Gasteiger partial charge in [-0.25, -0.2) is 4.68 Å². The molecule has 0 atom stereocenters. The third kappa shape index (κ3) is 4.24. The van der Waals surface area contributed by atoms with E-state index in [0.29, 0.717) is 5.75 Å². The second-order valence-corrected chi connectivity index (χ2v) is 8.37. The summed E-state index contributed by atoms with van der Waals surface area (Å²) in [6.45, 7) is -0.169. The molecule has 2 heterocycles. The van der Waals surface area contributed by atoms with Gasteiger partial charge < -0.3 is 9.72 Å². The molecule has 0 fully saturated rings. The molecule has 0 radical (unpaired) electrons. The molecule has 9 heteroatoms. The molecule has 5 rings (SSSR count). The summed E-state index contributed by atoms with van der Waals surface area (Å²) in [6, 6.07) is 21.0. The van der Waals surface area contributed by atoms with E-state index in [-0.39, 0.29) is 28.0 Å². The number of benzene rings is 3. The van der Waals surface area contributed by atoms with Crippen LogP contribution in [0.15, 0.2) is 79.0 Å². The van der Waals surface area contributed by atoms with E-state index in [1.807, 2.05) is 42.6 Å². The molecular formula is C25H16Cl2F3N3O. The number of aromatic amines is 1. The first-order valence-electron chi connectivity index (χ1n) is 10.2. The molecule has 1 N–H and O–H groups in total. The summed E-state index contributed by atoms with van der Waals surface area (Å²) in [7, 11) is 0. The Bertz CT molecular complexity index is 1450. The van der Waals surface area contributed by atoms with Gasteiger partial charge in [-0.05, 0) is 53.6 Å². The highest BCUT2D eigenvalue weighted by atomic mass is 35.5. The predicted octanol–water partition coefficient (Wildman–Crippen LogP) is 7.93. The van der Waals surface area contributed by atoms with Crippen LogP contribution in [0.3, 0.4) is 0 Å². The largest absolute Gasteiger partial charge is 0.487 e. The van der Waals surface area contributed by atoms with Crippen LogP contribution < -0.4 is 4.74 Å². The molecule has 0 saturated heterocycles. The fourth-order valence-electron chi connectivity index (χ4n) is 3.77. The van der Waals surface area contributed by atoms with E-state index < -0.39 is 11.9 Å². The fraction of sp³-hybridized carbons (Fsp3) is 0.0800. The lowest BCUT2D eigenvalue weighted by atomic mass is 10.0. The van der Waals surface area contributed by atoms with Crippen molar-refractivity contribution in [2.75, 3.05) is 0 Å². The number of hydrogen-bond acceptors (Lipinski definition) is 2. The number of rotatable bonds is 5. The Labute approximate surface area is 202 Å². The average Bonchev–Trinajstić information content (AvgIpc) is 3.45. The maximum Gasteiger partial charge on any atom is 0.435 e. The van der Waals surface area contributed by atoms with Crippen LogP contribution in [0.2, 0.25) is 10.0 Å². The number of nitrogens with one attached hydrogen (secondary N) is 1. The molecule has 0 saturated carbocycles. The van der Waals surface area contributed by atoms with Gasteiger partial charge in [0, 0.05) is 17.1 Å². The second kappa shape index (κ2) is 8.74. The molecular weight excluding hydrogens is 486 g/mol. The molecule has 2 aromatic heterocycles. The summed E-state index contributed by atoms with van der Waals surface area (Å²) in [4.78, 5) is 3.19. The van der Waals surface area contributed by atoms with Gasteiger partial charge in [0.15, 0.2) is 5.69 Å². The van der Waals surface area contributed by atoms with Crippen molar-refractivity contribution in [3.63, 3.8) is 0 Å². The number of fused-ring (bicyclic) bond motifs is 1. The topological polar surface area (TPSA) is 42.8 Å². The van der Waals surface area contributed by atoms with Crippen molar-refractivity contribution >= 4 is 34.1 Å². The molecule has 0 aliphatic heterocycles. The summed E-state index contributed by atoms with van der Waals surface area (Å²) < 4.78 is 47.0. The fourth-order valence-corrected chi connectivity index (χ4v) is 4.33. The number of alkyl halides is 3. The number of ether oxygens (including phenoxy) is 1. The van der Waals surface area contributed by atoms with Crippen molar-refractivity contribution in [1.82, 2.24) is 14.8 Å². The first-order chi connectivity index (χ1) is 16.3. The van der Waals surface area contributed by atoms with Crippen LogP contribution in [0.5, 0.6) is 5.75 Å². The van der Waals surface area contributed by atoms with E-state index in [2.05, 4.69) is 10.1 Å². The van der Waals surface area contributed by atoms with Crippen LogP contribution in [0, 0.1) is 0 Å². The van der Waals surface area contributed by atoms with Crippen LogP contribution in [0.4, 0.5) is 13.2 Å². The van der Waals surface area contributed by atoms with Crippen molar-refractivity contribution in [1.29, 1.82) is 0 Å². The number of halogens is 5. The normalized spacial score (nSPS) is 11.8. The van der Waals surface area contributed by atoms with Crippen LogP contribution >= 0.6 is 23.2 Å². The van der Waals surface area contributed by atoms with Crippen molar-refractivity contribution in [3.8, 4) is 22.6 Å². The predicted molar refractivity (Wildman–Crippen MR) is 127 cm³/mol. The van der Waals surface area contributed by atoms with E-state index in [0.717, 1.165) is 32.8 Å². The quantitative estimate of drug-likeness (QED) is 0.265. The standard InChI is InChI=1S/C25H16Cl2F3N3O/c26-20-4-2-5-21(27)24(20)33-16(13-23(32-33)25(28,29)30)14-34-17-9-7-15(8-10-17)18-3-1-6-22-19(18)11-12-31-22/h1-13,31H,14H2. The average molecular weight is 502 g/mol. The second-order valence-electron chi connectivity index (χ2n) is 7.56. The summed E-state index contributed by atoms with van der Waals surface area (Å²) in [5, 5.41) is 5.15. The molecule has 172 valence electrons. The highest BCUT2D eigenvalue weighted by Crippen LogP contribution is 2.34. The number of para-hydroxylation sites is 1. The van der Waals surface area contributed by atoms with Gasteiger partial charge in [-0.3, -0.25) is 0 Å². The minimum absolute atomic E-state index is 0.156. The van der Waals surface area contributed by atoms with Gasteiger partial charge in [-0.2, -0.15) is 18.3 Å². The van der Waals surface area contributed by atoms with Gasteiger partial charge in [0.05, 0.1) is 15.7 Å². The zero-order valence-electron chi connectivity index (χ0n) is 17.4. The Kier molecular flexibility index (Phi) is 5.75. The maximum atomic E-state index is 13.4. The van der Waals surface area contributed by atoms with Gasteiger partial charge in [-0.1, -0.05) is 53.5 Å². The summed E-state index contributed by atoms with van der Waals surface area (Å²) in [6.07, 6.45) is -2.75. The van der Waals surface area contributed by atoms with E-state index in [4.69, 9.17) is 27.9 Å². The lowest BCUT2D eigenvalue weighted by Gasteiger charge is -2.12. The van der Waals surface area contributed by atoms with Crippen LogP contribution in [-0.4, -0.2) is 14.8 Å². The lowest BCUT2D eigenvalue weighted by molar-refractivity contribution is -0.141. The molecule has 0 spiro atoms. The molecule has 0 bridgehead atoms. The smallest absolute Gasteiger partial charge is 0.435 e. The van der Waals surface area contributed by atoms with Gasteiger partial charge in [0.25, 0.3) is 0 Å². The minimum Gasteiger partial charge on any atom is -0.487 e. The van der Waals surface area contributed by atoms with Crippen molar-refractivity contribution in [2.24, 2.45) is 0 Å². The molecule has 4 nitrogen and oxygen atoms in total. The van der Waals surface area contributed by atoms with Crippen molar-refractivity contribution in [3.05, 3.63) is 100 Å². The van der Waals surface area contributed by atoms with Crippen LogP contribution in [0.1, 0.15) is 11.4 Å². The molecule has 5 aromatic rings. The molecule has 0 aliphatic carbocycles. The van der Waals surface area contributed by atoms with E-state index in [1.54, 1.807) is 18.2 Å². The van der Waals surface area contributed by atoms with Crippen LogP contribution in [-0.2, 0) is 12.8 Å². The van der Waals surface area contributed by atoms with E-state index in [9.17, 15) is 13.2 Å². The zero-order valence-corrected chi connectivity index (χ0v) is 18.9. The monoisotopic (exact) mass is 501 g/mol. The van der Waals surface area contributed by atoms with Crippen molar-refractivity contribution in [2.45, 2.75) is 12.8 Å². The molecule has 0 aliphatic rings. The van der Waals surface area contributed by atoms with E-state index in [1.165, 1.54) is 12.1 Å². The number of H-pyrrole nitrogens is 1. The molecule has 34 heavy (non-hydrogen) atoms. The van der Waals surface area contributed by atoms with Gasteiger partial charge in [0.2, 0.25) is 0 Å². The molecule has 3 aromatic carbocycles. The Morgan fingerprint density at radius 2 is 1.62 bits per heavy atom. The first kappa shape index (κ1) is 22.4. The van der Waals surface area contributed by atoms with Crippen molar-refractivity contribution < 1.29 is 17.9 Å². The van der Waals surface area contributed by atoms with Gasteiger partial charge >= 0.3 is 6.18 Å². The number of nitrogens with zero attached hydrogens (tertiary/aromatic N) is 2. The Hall–Kier alpha value is -3.42. The number of aromatic nitrogens is 3. The summed E-state index contributed by atoms with van der Waals surface area (Å²) in [5.74, 6) is 0.497. The Balaban J connectivity index is 1.43. The third-order valence-corrected chi connectivity index (χ3v) is 5.98. The third-order valence-electron chi connectivity index (χ3n) is 5.37. The highest BCUT2D eigenvalue weighted by Gasteiger charge is 2.35.